The maximum Gasteiger partial charge on any atom is 0.253 e. The maximum atomic E-state index is 11.6. The minimum Gasteiger partial charge on any atom is -0.398 e. The van der Waals surface area contributed by atoms with Crippen molar-refractivity contribution in [1.29, 1.82) is 0 Å². The summed E-state index contributed by atoms with van der Waals surface area (Å²) in [5.74, 6) is -0.337. The number of anilines is 1. The van der Waals surface area contributed by atoms with Gasteiger partial charge in [0, 0.05) is 16.8 Å². The highest BCUT2D eigenvalue weighted by Gasteiger charge is 2.12. The molecular weight excluding hydrogens is 216 g/mol. The molecular formula is C10H13ClN2O2. The molecule has 4 N–H and O–H groups in total. The van der Waals surface area contributed by atoms with Crippen LogP contribution in [-0.2, 0) is 0 Å². The van der Waals surface area contributed by atoms with Crippen LogP contribution in [0.2, 0.25) is 5.02 Å². The second-order valence-corrected chi connectivity index (χ2v) is 3.73. The minimum atomic E-state index is -0.337. The Morgan fingerprint density at radius 3 is 2.93 bits per heavy atom. The number of carbonyl (C=O) groups is 1. The summed E-state index contributed by atoms with van der Waals surface area (Å²) in [4.78, 5) is 11.6. The first-order valence-electron chi connectivity index (χ1n) is 4.51. The number of rotatable bonds is 3. The van der Waals surface area contributed by atoms with Gasteiger partial charge in [-0.15, -0.1) is 0 Å². The first kappa shape index (κ1) is 11.8. The minimum absolute atomic E-state index is 0.119. The highest BCUT2D eigenvalue weighted by atomic mass is 35.5. The number of aliphatic hydroxyl groups excluding tert-OH is 1. The summed E-state index contributed by atoms with van der Waals surface area (Å²) < 4.78 is 0. The van der Waals surface area contributed by atoms with Crippen molar-refractivity contribution in [3.05, 3.63) is 28.8 Å². The van der Waals surface area contributed by atoms with Crippen LogP contribution in [-0.4, -0.2) is 23.7 Å². The van der Waals surface area contributed by atoms with E-state index in [4.69, 9.17) is 22.4 Å². The molecule has 0 aliphatic rings. The van der Waals surface area contributed by atoms with E-state index in [0.717, 1.165) is 0 Å². The SMILES string of the molecule is C[C@H](CO)NC(=O)c1cc(Cl)ccc1N. The molecule has 0 aromatic heterocycles. The van der Waals surface area contributed by atoms with Crippen LogP contribution in [0.1, 0.15) is 17.3 Å². The van der Waals surface area contributed by atoms with Gasteiger partial charge < -0.3 is 16.2 Å². The molecule has 0 saturated carbocycles. The standard InChI is InChI=1S/C10H13ClN2O2/c1-6(5-14)13-10(15)8-4-7(11)2-3-9(8)12/h2-4,6,14H,5,12H2,1H3,(H,13,15)/t6-/m1/s1. The van der Waals surface area contributed by atoms with Crippen molar-refractivity contribution < 1.29 is 9.90 Å². The van der Waals surface area contributed by atoms with E-state index < -0.39 is 0 Å². The van der Waals surface area contributed by atoms with Crippen molar-refractivity contribution in [1.82, 2.24) is 5.32 Å². The Morgan fingerprint density at radius 1 is 1.67 bits per heavy atom. The summed E-state index contributed by atoms with van der Waals surface area (Å²) in [5, 5.41) is 11.8. The van der Waals surface area contributed by atoms with Crippen molar-refractivity contribution in [2.45, 2.75) is 13.0 Å². The number of hydrogen-bond acceptors (Lipinski definition) is 3. The first-order valence-corrected chi connectivity index (χ1v) is 4.89. The van der Waals surface area contributed by atoms with Crippen LogP contribution in [0.4, 0.5) is 5.69 Å². The average Bonchev–Trinajstić information content (AvgIpc) is 2.21. The van der Waals surface area contributed by atoms with E-state index in [1.54, 1.807) is 19.1 Å². The Hall–Kier alpha value is -1.26. The molecule has 82 valence electrons. The summed E-state index contributed by atoms with van der Waals surface area (Å²) in [6, 6.07) is 4.37. The van der Waals surface area contributed by atoms with Gasteiger partial charge in [0.2, 0.25) is 0 Å². The van der Waals surface area contributed by atoms with Crippen molar-refractivity contribution in [2.24, 2.45) is 0 Å². The van der Waals surface area contributed by atoms with Crippen molar-refractivity contribution in [3.63, 3.8) is 0 Å². The van der Waals surface area contributed by atoms with E-state index in [9.17, 15) is 4.79 Å². The Morgan fingerprint density at radius 2 is 2.33 bits per heavy atom. The smallest absolute Gasteiger partial charge is 0.253 e. The largest absolute Gasteiger partial charge is 0.398 e. The van der Waals surface area contributed by atoms with E-state index >= 15 is 0 Å². The van der Waals surface area contributed by atoms with Gasteiger partial charge in [0.05, 0.1) is 12.2 Å². The molecule has 1 rings (SSSR count). The summed E-state index contributed by atoms with van der Waals surface area (Å²) >= 11 is 5.75. The van der Waals surface area contributed by atoms with Gasteiger partial charge in [0.1, 0.15) is 0 Å². The van der Waals surface area contributed by atoms with Gasteiger partial charge >= 0.3 is 0 Å². The summed E-state index contributed by atoms with van der Waals surface area (Å²) in [7, 11) is 0. The third-order valence-corrected chi connectivity index (χ3v) is 2.15. The fourth-order valence-corrected chi connectivity index (χ4v) is 1.24. The van der Waals surface area contributed by atoms with E-state index in [2.05, 4.69) is 5.32 Å². The van der Waals surface area contributed by atoms with Gasteiger partial charge in [0.25, 0.3) is 5.91 Å². The molecule has 0 aliphatic heterocycles. The van der Waals surface area contributed by atoms with Crippen LogP contribution in [0, 0.1) is 0 Å². The second-order valence-electron chi connectivity index (χ2n) is 3.29. The number of nitrogens with two attached hydrogens (primary N) is 1. The predicted octanol–water partition coefficient (Wildman–Crippen LogP) is 1.03. The number of benzene rings is 1. The van der Waals surface area contributed by atoms with Crippen LogP contribution in [0.3, 0.4) is 0 Å². The van der Waals surface area contributed by atoms with Crippen LogP contribution in [0.25, 0.3) is 0 Å². The highest BCUT2D eigenvalue weighted by molar-refractivity contribution is 6.31. The maximum absolute atomic E-state index is 11.6. The molecule has 0 unspecified atom stereocenters. The van der Waals surface area contributed by atoms with Crippen LogP contribution < -0.4 is 11.1 Å². The lowest BCUT2D eigenvalue weighted by Gasteiger charge is -2.12. The monoisotopic (exact) mass is 228 g/mol. The van der Waals surface area contributed by atoms with Gasteiger partial charge in [-0.05, 0) is 25.1 Å². The zero-order valence-electron chi connectivity index (χ0n) is 8.33. The summed E-state index contributed by atoms with van der Waals surface area (Å²) in [5.41, 5.74) is 6.31. The van der Waals surface area contributed by atoms with E-state index in [-0.39, 0.29) is 18.6 Å². The Kier molecular flexibility index (Phi) is 3.94. The van der Waals surface area contributed by atoms with Crippen molar-refractivity contribution in [2.75, 3.05) is 12.3 Å². The highest BCUT2D eigenvalue weighted by Crippen LogP contribution is 2.17. The number of aliphatic hydroxyl groups is 1. The molecule has 4 nitrogen and oxygen atoms in total. The number of halogens is 1. The molecule has 1 atom stereocenters. The number of amides is 1. The molecule has 0 fully saturated rings. The fraction of sp³-hybridized carbons (Fsp3) is 0.300. The summed E-state index contributed by atoms with van der Waals surface area (Å²) in [6.45, 7) is 1.57. The molecule has 1 amide bonds. The van der Waals surface area contributed by atoms with Gasteiger partial charge in [-0.1, -0.05) is 11.6 Å². The van der Waals surface area contributed by atoms with Gasteiger partial charge in [-0.3, -0.25) is 4.79 Å². The second kappa shape index (κ2) is 5.00. The van der Waals surface area contributed by atoms with Crippen molar-refractivity contribution >= 4 is 23.2 Å². The number of hydrogen-bond donors (Lipinski definition) is 3. The van der Waals surface area contributed by atoms with E-state index in [1.807, 2.05) is 0 Å². The van der Waals surface area contributed by atoms with Crippen LogP contribution in [0.5, 0.6) is 0 Å². The van der Waals surface area contributed by atoms with E-state index in [1.165, 1.54) is 6.07 Å². The first-order chi connectivity index (χ1) is 7.04. The third-order valence-electron chi connectivity index (χ3n) is 1.91. The Bertz CT molecular complexity index is 368. The Balaban J connectivity index is 2.86. The predicted molar refractivity (Wildman–Crippen MR) is 59.9 cm³/mol. The molecule has 0 radical (unpaired) electrons. The molecule has 0 spiro atoms. The molecule has 5 heteroatoms. The fourth-order valence-electron chi connectivity index (χ4n) is 1.07. The number of carbonyl (C=O) groups excluding carboxylic acids is 1. The third kappa shape index (κ3) is 3.11. The molecule has 1 aromatic rings. The molecule has 1 aromatic carbocycles. The lowest BCUT2D eigenvalue weighted by atomic mass is 10.1. The zero-order chi connectivity index (χ0) is 11.4. The van der Waals surface area contributed by atoms with Crippen LogP contribution >= 0.6 is 11.6 Å². The molecule has 0 heterocycles. The van der Waals surface area contributed by atoms with Gasteiger partial charge in [-0.25, -0.2) is 0 Å². The van der Waals surface area contributed by atoms with Gasteiger partial charge in [0.15, 0.2) is 0 Å². The zero-order valence-corrected chi connectivity index (χ0v) is 9.08. The Labute approximate surface area is 93.0 Å². The molecule has 0 aliphatic carbocycles. The lowest BCUT2D eigenvalue weighted by molar-refractivity contribution is 0.0923. The summed E-state index contributed by atoms with van der Waals surface area (Å²) in [6.07, 6.45) is 0. The van der Waals surface area contributed by atoms with E-state index in [0.29, 0.717) is 16.3 Å². The normalized spacial score (nSPS) is 12.2. The van der Waals surface area contributed by atoms with Crippen LogP contribution in [0.15, 0.2) is 18.2 Å². The number of nitrogens with one attached hydrogen (secondary N) is 1. The number of nitrogen functional groups attached to an aromatic ring is 1. The topological polar surface area (TPSA) is 75.3 Å². The molecule has 15 heavy (non-hydrogen) atoms. The average molecular weight is 229 g/mol. The van der Waals surface area contributed by atoms with Crippen molar-refractivity contribution in [3.8, 4) is 0 Å². The molecule has 0 bridgehead atoms. The quantitative estimate of drug-likeness (QED) is 0.677. The lowest BCUT2D eigenvalue weighted by Crippen LogP contribution is -2.35. The van der Waals surface area contributed by atoms with Gasteiger partial charge in [-0.2, -0.15) is 0 Å². The molecule has 0 saturated heterocycles.